The van der Waals surface area contributed by atoms with Crippen molar-refractivity contribution in [2.75, 3.05) is 6.54 Å². The number of hydrogen-bond donors (Lipinski definition) is 5. The molecule has 0 aliphatic carbocycles. The lowest BCUT2D eigenvalue weighted by atomic mass is 9.94. The van der Waals surface area contributed by atoms with E-state index in [4.69, 9.17) is 5.11 Å². The van der Waals surface area contributed by atoms with Gasteiger partial charge in [0.25, 0.3) is 5.91 Å². The molecule has 11 nitrogen and oxygen atoms in total. The van der Waals surface area contributed by atoms with Crippen LogP contribution in [-0.2, 0) is 20.8 Å². The minimum atomic E-state index is -0.949. The summed E-state index contributed by atoms with van der Waals surface area (Å²) < 4.78 is 0. The number of nitrogens with zero attached hydrogens (tertiary/aromatic N) is 1. The van der Waals surface area contributed by atoms with Crippen LogP contribution in [0.25, 0.3) is 0 Å². The SMILES string of the molecule is CC[C@H](C)[C@H](NC(=O)[C@H]1CCCCN1)C(=O)N[C@H](CC(=O)c1nc(C(=O)N[C@H](CCC(=O)O)Cc2ccccc2)cs1)C(C)C. The fraction of sp³-hybridized carbons (Fsp3) is 0.576. The lowest BCUT2D eigenvalue weighted by Gasteiger charge is -2.30. The van der Waals surface area contributed by atoms with Crippen molar-refractivity contribution < 1.29 is 29.1 Å². The number of hydrogen-bond acceptors (Lipinski definition) is 8. The highest BCUT2D eigenvalue weighted by molar-refractivity contribution is 7.11. The molecule has 0 spiro atoms. The summed E-state index contributed by atoms with van der Waals surface area (Å²) >= 11 is 1.05. The molecule has 1 fully saturated rings. The second kappa shape index (κ2) is 17.7. The zero-order valence-corrected chi connectivity index (χ0v) is 27.5. The molecule has 1 aliphatic heterocycles. The molecule has 0 saturated carbocycles. The zero-order chi connectivity index (χ0) is 32.9. The molecular formula is C33H47N5O6S. The van der Waals surface area contributed by atoms with Gasteiger partial charge < -0.3 is 26.4 Å². The van der Waals surface area contributed by atoms with Crippen molar-refractivity contribution in [3.8, 4) is 0 Å². The van der Waals surface area contributed by atoms with Crippen LogP contribution in [0, 0.1) is 11.8 Å². The van der Waals surface area contributed by atoms with Gasteiger partial charge >= 0.3 is 5.97 Å². The molecular weight excluding hydrogens is 594 g/mol. The maximum absolute atomic E-state index is 13.5. The van der Waals surface area contributed by atoms with Crippen molar-refractivity contribution in [1.82, 2.24) is 26.3 Å². The molecule has 1 aliphatic rings. The quantitative estimate of drug-likeness (QED) is 0.163. The maximum atomic E-state index is 13.5. The first kappa shape index (κ1) is 35.8. The Morgan fingerprint density at radius 1 is 1.04 bits per heavy atom. The number of ketones is 1. The molecule has 5 atom stereocenters. The Labute approximate surface area is 269 Å². The van der Waals surface area contributed by atoms with Crippen LogP contribution in [0.4, 0.5) is 0 Å². The van der Waals surface area contributed by atoms with E-state index >= 15 is 0 Å². The minimum absolute atomic E-state index is 0.0153. The summed E-state index contributed by atoms with van der Waals surface area (Å²) in [5.74, 6) is -2.44. The van der Waals surface area contributed by atoms with E-state index in [9.17, 15) is 24.0 Å². The van der Waals surface area contributed by atoms with E-state index < -0.39 is 30.0 Å². The molecule has 0 radical (unpaired) electrons. The van der Waals surface area contributed by atoms with Crippen LogP contribution in [0.5, 0.6) is 0 Å². The topological polar surface area (TPSA) is 167 Å². The molecule has 3 amide bonds. The first-order valence-electron chi connectivity index (χ1n) is 15.9. The molecule has 0 bridgehead atoms. The van der Waals surface area contributed by atoms with Gasteiger partial charge in [0.1, 0.15) is 11.7 Å². The van der Waals surface area contributed by atoms with Gasteiger partial charge in [-0.15, -0.1) is 11.3 Å². The lowest BCUT2D eigenvalue weighted by Crippen LogP contribution is -2.57. The Kier molecular flexibility index (Phi) is 14.1. The molecule has 2 aromatic rings. The lowest BCUT2D eigenvalue weighted by molar-refractivity contribution is -0.137. The molecule has 0 unspecified atom stereocenters. The van der Waals surface area contributed by atoms with Crippen LogP contribution >= 0.6 is 11.3 Å². The Morgan fingerprint density at radius 3 is 2.40 bits per heavy atom. The van der Waals surface area contributed by atoms with Crippen LogP contribution < -0.4 is 21.3 Å². The first-order valence-corrected chi connectivity index (χ1v) is 16.8. The highest BCUT2D eigenvalue weighted by Crippen LogP contribution is 2.18. The third kappa shape index (κ3) is 11.3. The van der Waals surface area contributed by atoms with Gasteiger partial charge in [-0.25, -0.2) is 4.98 Å². The number of thiazole rings is 1. The number of Topliss-reactive ketones (excluding diaryl/α,β-unsaturated/α-hetero) is 1. The average Bonchev–Trinajstić information content (AvgIpc) is 3.53. The molecule has 45 heavy (non-hydrogen) atoms. The largest absolute Gasteiger partial charge is 0.481 e. The first-order chi connectivity index (χ1) is 21.5. The Morgan fingerprint density at radius 2 is 1.78 bits per heavy atom. The van der Waals surface area contributed by atoms with Crippen molar-refractivity contribution in [3.05, 3.63) is 52.0 Å². The maximum Gasteiger partial charge on any atom is 0.303 e. The predicted molar refractivity (Wildman–Crippen MR) is 173 cm³/mol. The Balaban J connectivity index is 1.64. The molecule has 1 saturated heterocycles. The number of aliphatic carboxylic acids is 1. The van der Waals surface area contributed by atoms with Crippen molar-refractivity contribution in [1.29, 1.82) is 0 Å². The predicted octanol–water partition coefficient (Wildman–Crippen LogP) is 3.74. The molecule has 12 heteroatoms. The number of carboxylic acid groups (broad SMARTS) is 1. The summed E-state index contributed by atoms with van der Waals surface area (Å²) in [6, 6.07) is 7.49. The number of carboxylic acids is 1. The van der Waals surface area contributed by atoms with Gasteiger partial charge in [-0.05, 0) is 49.6 Å². The summed E-state index contributed by atoms with van der Waals surface area (Å²) in [6.07, 6.45) is 4.00. The normalized spacial score (nSPS) is 17.5. The molecule has 3 rings (SSSR count). The van der Waals surface area contributed by atoms with E-state index in [-0.39, 0.29) is 65.4 Å². The fourth-order valence-electron chi connectivity index (χ4n) is 5.23. The van der Waals surface area contributed by atoms with Crippen LogP contribution in [0.1, 0.15) is 98.5 Å². The molecule has 1 aromatic carbocycles. The standard InChI is InChI=1S/C33H47N5O6S/c1-5-21(4)29(38-30(42)24-13-9-10-16-34-24)32(44)36-25(20(2)3)18-27(39)33-37-26(19-45-33)31(43)35-23(14-15-28(40)41)17-22-11-7-6-8-12-22/h6-8,11-12,19-21,23-25,29,34H,5,9-10,13-18H2,1-4H3,(H,35,43)(H,36,44)(H,38,42)(H,40,41)/t21-,23+,24+,25+,29-/m0/s1. The van der Waals surface area contributed by atoms with Crippen LogP contribution in [-0.4, -0.2) is 70.3 Å². The number of carbonyl (C=O) groups excluding carboxylic acids is 4. The monoisotopic (exact) mass is 641 g/mol. The van der Waals surface area contributed by atoms with Crippen molar-refractivity contribution in [3.63, 3.8) is 0 Å². The van der Waals surface area contributed by atoms with E-state index in [1.54, 1.807) is 0 Å². The van der Waals surface area contributed by atoms with E-state index in [1.807, 2.05) is 58.0 Å². The molecule has 5 N–H and O–H groups in total. The second-order valence-corrected chi connectivity index (χ2v) is 13.0. The molecule has 246 valence electrons. The van der Waals surface area contributed by atoms with Gasteiger partial charge in [-0.3, -0.25) is 24.0 Å². The minimum Gasteiger partial charge on any atom is -0.481 e. The summed E-state index contributed by atoms with van der Waals surface area (Å²) in [4.78, 5) is 68.2. The van der Waals surface area contributed by atoms with Crippen LogP contribution in [0.2, 0.25) is 0 Å². The summed E-state index contributed by atoms with van der Waals surface area (Å²) in [6.45, 7) is 8.47. The number of rotatable bonds is 17. The number of piperidine rings is 1. The van der Waals surface area contributed by atoms with E-state index in [1.165, 1.54) is 5.38 Å². The van der Waals surface area contributed by atoms with Crippen molar-refractivity contribution in [2.45, 2.75) is 103 Å². The molecule has 2 heterocycles. The highest BCUT2D eigenvalue weighted by atomic mass is 32.1. The Hall–Kier alpha value is -3.64. The van der Waals surface area contributed by atoms with Gasteiger partial charge in [0, 0.05) is 30.3 Å². The van der Waals surface area contributed by atoms with E-state index in [0.717, 1.165) is 42.7 Å². The summed E-state index contributed by atoms with van der Waals surface area (Å²) in [5, 5.41) is 22.9. The number of carbonyl (C=O) groups is 5. The van der Waals surface area contributed by atoms with Crippen LogP contribution in [0.15, 0.2) is 35.7 Å². The number of benzene rings is 1. The smallest absolute Gasteiger partial charge is 0.303 e. The Bertz CT molecular complexity index is 1290. The van der Waals surface area contributed by atoms with Gasteiger partial charge in [0.05, 0.1) is 6.04 Å². The number of aromatic nitrogens is 1. The van der Waals surface area contributed by atoms with E-state index in [2.05, 4.69) is 26.3 Å². The third-order valence-corrected chi connectivity index (χ3v) is 9.18. The zero-order valence-electron chi connectivity index (χ0n) is 26.6. The third-order valence-electron chi connectivity index (χ3n) is 8.30. The summed E-state index contributed by atoms with van der Waals surface area (Å²) in [5.41, 5.74) is 1.04. The van der Waals surface area contributed by atoms with Gasteiger partial charge in [0.15, 0.2) is 10.8 Å². The van der Waals surface area contributed by atoms with Gasteiger partial charge in [-0.2, -0.15) is 0 Å². The number of nitrogens with one attached hydrogen (secondary N) is 4. The van der Waals surface area contributed by atoms with Gasteiger partial charge in [0.2, 0.25) is 11.8 Å². The van der Waals surface area contributed by atoms with Crippen LogP contribution in [0.3, 0.4) is 0 Å². The average molecular weight is 642 g/mol. The summed E-state index contributed by atoms with van der Waals surface area (Å²) in [7, 11) is 0. The second-order valence-electron chi connectivity index (χ2n) is 12.2. The van der Waals surface area contributed by atoms with E-state index in [0.29, 0.717) is 12.8 Å². The van der Waals surface area contributed by atoms with Crippen molar-refractivity contribution in [2.24, 2.45) is 11.8 Å². The molecule has 1 aromatic heterocycles. The van der Waals surface area contributed by atoms with Crippen molar-refractivity contribution >= 4 is 40.8 Å². The van der Waals surface area contributed by atoms with Gasteiger partial charge in [-0.1, -0.05) is 70.9 Å². The number of amides is 3. The highest BCUT2D eigenvalue weighted by Gasteiger charge is 2.32. The fourth-order valence-corrected chi connectivity index (χ4v) is 5.98.